The summed E-state index contributed by atoms with van der Waals surface area (Å²) in [5.41, 5.74) is 0. The molecule has 1 unspecified atom stereocenters. The molecule has 1 aliphatic carbocycles. The Kier molecular flexibility index (Phi) is 5.88. The van der Waals surface area contributed by atoms with Gasteiger partial charge in [-0.15, -0.1) is 0 Å². The average Bonchev–Trinajstić information content (AvgIpc) is 2.93. The third kappa shape index (κ3) is 5.58. The van der Waals surface area contributed by atoms with Gasteiger partial charge in [-0.2, -0.15) is 11.8 Å². The zero-order valence-electron chi connectivity index (χ0n) is 8.67. The lowest BCUT2D eigenvalue weighted by Crippen LogP contribution is -2.08. The molecule has 0 aromatic rings. The first-order chi connectivity index (χ1) is 6.34. The summed E-state index contributed by atoms with van der Waals surface area (Å²) >= 11 is 2.02. The van der Waals surface area contributed by atoms with Crippen LogP contribution in [0.25, 0.3) is 0 Å². The highest BCUT2D eigenvalue weighted by Gasteiger charge is 2.28. The van der Waals surface area contributed by atoms with Crippen LogP contribution in [0, 0.1) is 5.92 Å². The van der Waals surface area contributed by atoms with Crippen LogP contribution in [0.5, 0.6) is 0 Å². The molecule has 1 rings (SSSR count). The molecule has 1 nitrogen and oxygen atoms in total. The second kappa shape index (κ2) is 6.72. The van der Waals surface area contributed by atoms with Crippen LogP contribution in [0.3, 0.4) is 0 Å². The second-order valence-electron chi connectivity index (χ2n) is 3.95. The third-order valence-electron chi connectivity index (χ3n) is 2.66. The van der Waals surface area contributed by atoms with Crippen molar-refractivity contribution < 1.29 is 5.11 Å². The molecule has 1 aliphatic rings. The molecule has 0 saturated heterocycles. The molecule has 0 spiro atoms. The van der Waals surface area contributed by atoms with Crippen LogP contribution in [-0.2, 0) is 0 Å². The van der Waals surface area contributed by atoms with Gasteiger partial charge >= 0.3 is 0 Å². The van der Waals surface area contributed by atoms with Gasteiger partial charge in [0.2, 0.25) is 0 Å². The molecular weight excluding hydrogens is 180 g/mol. The molecule has 2 heteroatoms. The lowest BCUT2D eigenvalue weighted by Gasteiger charge is -2.07. The summed E-state index contributed by atoms with van der Waals surface area (Å²) < 4.78 is 0. The fourth-order valence-electron chi connectivity index (χ4n) is 1.60. The monoisotopic (exact) mass is 202 g/mol. The van der Waals surface area contributed by atoms with Gasteiger partial charge in [0.15, 0.2) is 0 Å². The maximum Gasteiger partial charge on any atom is 0.0568 e. The van der Waals surface area contributed by atoms with Crippen LogP contribution in [-0.4, -0.2) is 22.7 Å². The Morgan fingerprint density at radius 2 is 2.08 bits per heavy atom. The molecule has 0 bridgehead atoms. The van der Waals surface area contributed by atoms with Crippen LogP contribution in [0.1, 0.15) is 45.4 Å². The molecule has 1 atom stereocenters. The highest BCUT2D eigenvalue weighted by molar-refractivity contribution is 7.99. The highest BCUT2D eigenvalue weighted by Crippen LogP contribution is 2.34. The quantitative estimate of drug-likeness (QED) is 0.610. The Hall–Kier alpha value is 0.310. The second-order valence-corrected chi connectivity index (χ2v) is 5.34. The minimum atomic E-state index is 0.0267. The first kappa shape index (κ1) is 11.4. The molecule has 1 saturated carbocycles. The predicted molar refractivity (Wildman–Crippen MR) is 60.2 cm³/mol. The molecule has 78 valence electrons. The molecule has 0 aliphatic heterocycles. The fourth-order valence-corrected chi connectivity index (χ4v) is 2.29. The number of hydrogen-bond acceptors (Lipinski definition) is 2. The van der Waals surface area contributed by atoms with Gasteiger partial charge in [0, 0.05) is 0 Å². The van der Waals surface area contributed by atoms with E-state index in [1.54, 1.807) is 0 Å². The Labute approximate surface area is 86.3 Å². The SMILES string of the molecule is CCSCCCCCC(O)C1CC1. The number of aliphatic hydroxyl groups excluding tert-OH is 1. The van der Waals surface area contributed by atoms with Crippen molar-refractivity contribution in [3.8, 4) is 0 Å². The van der Waals surface area contributed by atoms with Crippen molar-refractivity contribution in [3.63, 3.8) is 0 Å². The fraction of sp³-hybridized carbons (Fsp3) is 1.00. The summed E-state index contributed by atoms with van der Waals surface area (Å²) in [4.78, 5) is 0. The maximum atomic E-state index is 9.59. The molecule has 0 amide bonds. The van der Waals surface area contributed by atoms with Gasteiger partial charge in [0.1, 0.15) is 0 Å². The van der Waals surface area contributed by atoms with Gasteiger partial charge in [-0.1, -0.05) is 19.8 Å². The van der Waals surface area contributed by atoms with E-state index in [2.05, 4.69) is 6.92 Å². The van der Waals surface area contributed by atoms with Gasteiger partial charge in [0.25, 0.3) is 0 Å². The van der Waals surface area contributed by atoms with Gasteiger partial charge in [-0.3, -0.25) is 0 Å². The molecule has 0 aromatic carbocycles. The van der Waals surface area contributed by atoms with Crippen LogP contribution in [0.2, 0.25) is 0 Å². The van der Waals surface area contributed by atoms with Crippen molar-refractivity contribution in [3.05, 3.63) is 0 Å². The first-order valence-electron chi connectivity index (χ1n) is 5.60. The van der Waals surface area contributed by atoms with Crippen LogP contribution in [0.4, 0.5) is 0 Å². The number of rotatable bonds is 8. The Balaban J connectivity index is 1.77. The summed E-state index contributed by atoms with van der Waals surface area (Å²) in [6.07, 6.45) is 7.47. The number of unbranched alkanes of at least 4 members (excludes halogenated alkanes) is 2. The number of aliphatic hydroxyl groups is 1. The normalized spacial score (nSPS) is 18.9. The van der Waals surface area contributed by atoms with Crippen molar-refractivity contribution in [1.82, 2.24) is 0 Å². The maximum absolute atomic E-state index is 9.59. The number of thioether (sulfide) groups is 1. The van der Waals surface area contributed by atoms with Gasteiger partial charge in [-0.05, 0) is 43.1 Å². The summed E-state index contributed by atoms with van der Waals surface area (Å²) in [7, 11) is 0. The van der Waals surface area contributed by atoms with E-state index >= 15 is 0 Å². The smallest absolute Gasteiger partial charge is 0.0568 e. The first-order valence-corrected chi connectivity index (χ1v) is 6.76. The van der Waals surface area contributed by atoms with Crippen LogP contribution < -0.4 is 0 Å². The highest BCUT2D eigenvalue weighted by atomic mass is 32.2. The minimum Gasteiger partial charge on any atom is -0.393 e. The lowest BCUT2D eigenvalue weighted by molar-refractivity contribution is 0.138. The lowest BCUT2D eigenvalue weighted by atomic mass is 10.1. The van der Waals surface area contributed by atoms with E-state index < -0.39 is 0 Å². The van der Waals surface area contributed by atoms with E-state index in [0.717, 1.165) is 6.42 Å². The van der Waals surface area contributed by atoms with E-state index in [-0.39, 0.29) is 6.10 Å². The van der Waals surface area contributed by atoms with Crippen molar-refractivity contribution in [1.29, 1.82) is 0 Å². The van der Waals surface area contributed by atoms with Crippen molar-refractivity contribution >= 4 is 11.8 Å². The van der Waals surface area contributed by atoms with E-state index in [0.29, 0.717) is 5.92 Å². The standard InChI is InChI=1S/C11H22OS/c1-2-13-9-5-3-4-6-11(12)10-7-8-10/h10-12H,2-9H2,1H3. The van der Waals surface area contributed by atoms with E-state index in [4.69, 9.17) is 0 Å². The Morgan fingerprint density at radius 1 is 1.31 bits per heavy atom. The summed E-state index contributed by atoms with van der Waals surface area (Å²) in [5, 5.41) is 9.59. The zero-order chi connectivity index (χ0) is 9.52. The molecule has 13 heavy (non-hydrogen) atoms. The molecule has 0 radical (unpaired) electrons. The van der Waals surface area contributed by atoms with Crippen molar-refractivity contribution in [2.24, 2.45) is 5.92 Å². The van der Waals surface area contributed by atoms with Crippen molar-refractivity contribution in [2.75, 3.05) is 11.5 Å². The summed E-state index contributed by atoms with van der Waals surface area (Å²) in [6, 6.07) is 0. The summed E-state index contributed by atoms with van der Waals surface area (Å²) in [6.45, 7) is 2.21. The van der Waals surface area contributed by atoms with Gasteiger partial charge in [0.05, 0.1) is 6.10 Å². The minimum absolute atomic E-state index is 0.0267. The molecule has 0 aromatic heterocycles. The van der Waals surface area contributed by atoms with Crippen LogP contribution >= 0.6 is 11.8 Å². The average molecular weight is 202 g/mol. The molecule has 1 N–H and O–H groups in total. The third-order valence-corrected chi connectivity index (χ3v) is 3.64. The van der Waals surface area contributed by atoms with E-state index in [9.17, 15) is 5.11 Å². The van der Waals surface area contributed by atoms with Crippen molar-refractivity contribution in [2.45, 2.75) is 51.6 Å². The number of hydrogen-bond donors (Lipinski definition) is 1. The van der Waals surface area contributed by atoms with Crippen LogP contribution in [0.15, 0.2) is 0 Å². The largest absolute Gasteiger partial charge is 0.393 e. The topological polar surface area (TPSA) is 20.2 Å². The Morgan fingerprint density at radius 3 is 2.69 bits per heavy atom. The Bertz CT molecular complexity index is 123. The van der Waals surface area contributed by atoms with E-state index in [1.807, 2.05) is 11.8 Å². The van der Waals surface area contributed by atoms with Gasteiger partial charge in [-0.25, -0.2) is 0 Å². The molecular formula is C11H22OS. The summed E-state index contributed by atoms with van der Waals surface area (Å²) in [5.74, 6) is 3.21. The zero-order valence-corrected chi connectivity index (χ0v) is 9.48. The van der Waals surface area contributed by atoms with Gasteiger partial charge < -0.3 is 5.11 Å². The molecule has 0 heterocycles. The predicted octanol–water partition coefficient (Wildman–Crippen LogP) is 3.07. The molecule has 1 fully saturated rings. The van der Waals surface area contributed by atoms with E-state index in [1.165, 1.54) is 43.6 Å².